The molecule has 0 aliphatic rings. The molecule has 2 rings (SSSR count). The lowest BCUT2D eigenvalue weighted by molar-refractivity contribution is 0.108. The third kappa shape index (κ3) is 3.83. The first kappa shape index (κ1) is 14.6. The number of aliphatic hydroxyl groups is 1. The van der Waals surface area contributed by atoms with Crippen molar-refractivity contribution < 1.29 is 9.84 Å². The lowest BCUT2D eigenvalue weighted by atomic mass is 10.1. The highest BCUT2D eigenvalue weighted by Gasteiger charge is 2.08. The Labute approximate surface area is 120 Å². The molecular formula is C17H21NO2. The summed E-state index contributed by atoms with van der Waals surface area (Å²) in [6, 6.07) is 17.8. The molecule has 2 atom stereocenters. The van der Waals surface area contributed by atoms with Gasteiger partial charge in [-0.1, -0.05) is 42.5 Å². The normalized spacial score (nSPS) is 13.8. The molecule has 2 N–H and O–H groups in total. The highest BCUT2D eigenvalue weighted by atomic mass is 16.5. The van der Waals surface area contributed by atoms with Crippen LogP contribution in [0.15, 0.2) is 54.6 Å². The van der Waals surface area contributed by atoms with E-state index in [0.29, 0.717) is 6.04 Å². The monoisotopic (exact) mass is 271 g/mol. The van der Waals surface area contributed by atoms with Crippen molar-refractivity contribution in [3.05, 3.63) is 65.7 Å². The maximum atomic E-state index is 10.0. The van der Waals surface area contributed by atoms with Crippen molar-refractivity contribution in [3.63, 3.8) is 0 Å². The van der Waals surface area contributed by atoms with E-state index in [2.05, 4.69) is 12.2 Å². The fourth-order valence-electron chi connectivity index (χ4n) is 1.97. The molecule has 0 spiro atoms. The van der Waals surface area contributed by atoms with Gasteiger partial charge in [0.1, 0.15) is 18.5 Å². The molecule has 0 aliphatic carbocycles. The number of hydrogen-bond acceptors (Lipinski definition) is 3. The third-order valence-electron chi connectivity index (χ3n) is 3.41. The van der Waals surface area contributed by atoms with E-state index in [1.807, 2.05) is 61.6 Å². The number of benzene rings is 2. The summed E-state index contributed by atoms with van der Waals surface area (Å²) in [7, 11) is 1.94. The van der Waals surface area contributed by atoms with Crippen LogP contribution in [0.2, 0.25) is 0 Å². The summed E-state index contributed by atoms with van der Waals surface area (Å²) in [5, 5.41) is 13.2. The first-order valence-electron chi connectivity index (χ1n) is 6.83. The van der Waals surface area contributed by atoms with E-state index in [0.717, 1.165) is 11.3 Å². The van der Waals surface area contributed by atoms with Crippen molar-refractivity contribution in [1.29, 1.82) is 0 Å². The topological polar surface area (TPSA) is 41.5 Å². The Hall–Kier alpha value is -1.84. The van der Waals surface area contributed by atoms with E-state index in [1.54, 1.807) is 0 Å². The molecule has 0 heterocycles. The molecule has 0 bridgehead atoms. The minimum absolute atomic E-state index is 0.255. The molecule has 0 radical (unpaired) electrons. The first-order chi connectivity index (χ1) is 9.70. The average molecular weight is 271 g/mol. The van der Waals surface area contributed by atoms with Crippen LogP contribution >= 0.6 is 0 Å². The van der Waals surface area contributed by atoms with Crippen LogP contribution < -0.4 is 10.1 Å². The molecular weight excluding hydrogens is 250 g/mol. The second-order valence-corrected chi connectivity index (χ2v) is 4.82. The fraction of sp³-hybridized carbons (Fsp3) is 0.294. The molecule has 106 valence electrons. The molecule has 0 amide bonds. The van der Waals surface area contributed by atoms with E-state index >= 15 is 0 Å². The maximum absolute atomic E-state index is 10.0. The van der Waals surface area contributed by atoms with Gasteiger partial charge >= 0.3 is 0 Å². The summed E-state index contributed by atoms with van der Waals surface area (Å²) in [6.45, 7) is 2.36. The van der Waals surface area contributed by atoms with Crippen LogP contribution in [0.3, 0.4) is 0 Å². The van der Waals surface area contributed by atoms with E-state index in [9.17, 15) is 5.11 Å². The Morgan fingerprint density at radius 2 is 1.65 bits per heavy atom. The van der Waals surface area contributed by atoms with Crippen molar-refractivity contribution in [2.24, 2.45) is 0 Å². The predicted molar refractivity (Wildman–Crippen MR) is 80.8 cm³/mol. The van der Waals surface area contributed by atoms with Crippen LogP contribution in [-0.4, -0.2) is 18.8 Å². The zero-order valence-corrected chi connectivity index (χ0v) is 11.9. The standard InChI is InChI=1S/C17H21NO2/c1-13(18-2)14-8-10-16(11-9-14)20-12-17(19)15-6-4-3-5-7-15/h3-11,13,17-19H,12H2,1-2H3. The minimum atomic E-state index is -0.605. The number of rotatable bonds is 6. The SMILES string of the molecule is CNC(C)c1ccc(OCC(O)c2ccccc2)cc1. The Bertz CT molecular complexity index is 510. The number of ether oxygens (including phenoxy) is 1. The second-order valence-electron chi connectivity index (χ2n) is 4.82. The molecule has 0 saturated carbocycles. The van der Waals surface area contributed by atoms with Gasteiger partial charge in [0.05, 0.1) is 0 Å². The zero-order chi connectivity index (χ0) is 14.4. The van der Waals surface area contributed by atoms with Gasteiger partial charge in [0.2, 0.25) is 0 Å². The molecule has 3 heteroatoms. The molecule has 0 saturated heterocycles. The maximum Gasteiger partial charge on any atom is 0.119 e. The zero-order valence-electron chi connectivity index (χ0n) is 11.9. The second kappa shape index (κ2) is 7.08. The molecule has 0 fully saturated rings. The molecule has 0 aromatic heterocycles. The quantitative estimate of drug-likeness (QED) is 0.848. The van der Waals surface area contributed by atoms with Gasteiger partial charge in [0.15, 0.2) is 0 Å². The van der Waals surface area contributed by atoms with Crippen molar-refractivity contribution >= 4 is 0 Å². The van der Waals surface area contributed by atoms with Crippen molar-refractivity contribution in [1.82, 2.24) is 5.32 Å². The smallest absolute Gasteiger partial charge is 0.119 e. The number of nitrogens with one attached hydrogen (secondary N) is 1. The highest BCUT2D eigenvalue weighted by molar-refractivity contribution is 5.29. The van der Waals surface area contributed by atoms with Gasteiger partial charge in [-0.25, -0.2) is 0 Å². The van der Waals surface area contributed by atoms with Crippen molar-refractivity contribution in [2.45, 2.75) is 19.1 Å². The number of aliphatic hydroxyl groups excluding tert-OH is 1. The summed E-state index contributed by atoms with van der Waals surface area (Å²) in [4.78, 5) is 0. The van der Waals surface area contributed by atoms with Crippen LogP contribution in [0, 0.1) is 0 Å². The molecule has 0 aliphatic heterocycles. The average Bonchev–Trinajstić information content (AvgIpc) is 2.53. The Kier molecular flexibility index (Phi) is 5.16. The lowest BCUT2D eigenvalue weighted by Crippen LogP contribution is -2.12. The Morgan fingerprint density at radius 1 is 1.00 bits per heavy atom. The largest absolute Gasteiger partial charge is 0.491 e. The molecule has 2 unspecified atom stereocenters. The third-order valence-corrected chi connectivity index (χ3v) is 3.41. The Balaban J connectivity index is 1.91. The molecule has 3 nitrogen and oxygen atoms in total. The van der Waals surface area contributed by atoms with Gasteiger partial charge in [-0.2, -0.15) is 0 Å². The van der Waals surface area contributed by atoms with Crippen molar-refractivity contribution in [3.8, 4) is 5.75 Å². The summed E-state index contributed by atoms with van der Waals surface area (Å²) in [5.74, 6) is 0.770. The van der Waals surface area contributed by atoms with Crippen LogP contribution in [0.1, 0.15) is 30.2 Å². The van der Waals surface area contributed by atoms with Crippen LogP contribution in [-0.2, 0) is 0 Å². The van der Waals surface area contributed by atoms with E-state index in [1.165, 1.54) is 5.56 Å². The van der Waals surface area contributed by atoms with Crippen LogP contribution in [0.25, 0.3) is 0 Å². The van der Waals surface area contributed by atoms with Gasteiger partial charge in [0, 0.05) is 6.04 Å². The van der Waals surface area contributed by atoms with Gasteiger partial charge in [-0.05, 0) is 37.2 Å². The molecule has 2 aromatic rings. The molecule has 20 heavy (non-hydrogen) atoms. The molecule has 2 aromatic carbocycles. The van der Waals surface area contributed by atoms with Gasteiger partial charge < -0.3 is 15.2 Å². The lowest BCUT2D eigenvalue weighted by Gasteiger charge is -2.14. The highest BCUT2D eigenvalue weighted by Crippen LogP contribution is 2.19. The summed E-state index contributed by atoms with van der Waals surface area (Å²) in [6.07, 6.45) is -0.605. The van der Waals surface area contributed by atoms with Crippen molar-refractivity contribution in [2.75, 3.05) is 13.7 Å². The summed E-state index contributed by atoms with van der Waals surface area (Å²) < 4.78 is 5.62. The number of hydrogen-bond donors (Lipinski definition) is 2. The van der Waals surface area contributed by atoms with E-state index in [-0.39, 0.29) is 6.61 Å². The summed E-state index contributed by atoms with van der Waals surface area (Å²) in [5.41, 5.74) is 2.08. The predicted octanol–water partition coefficient (Wildman–Crippen LogP) is 3.08. The van der Waals surface area contributed by atoms with Crippen LogP contribution in [0.4, 0.5) is 0 Å². The first-order valence-corrected chi connectivity index (χ1v) is 6.83. The Morgan fingerprint density at radius 3 is 2.25 bits per heavy atom. The minimum Gasteiger partial charge on any atom is -0.491 e. The van der Waals surface area contributed by atoms with E-state index < -0.39 is 6.10 Å². The van der Waals surface area contributed by atoms with Gasteiger partial charge in [0.25, 0.3) is 0 Å². The van der Waals surface area contributed by atoms with Crippen LogP contribution in [0.5, 0.6) is 5.75 Å². The van der Waals surface area contributed by atoms with E-state index in [4.69, 9.17) is 4.74 Å². The van der Waals surface area contributed by atoms with Gasteiger partial charge in [-0.3, -0.25) is 0 Å². The summed E-state index contributed by atoms with van der Waals surface area (Å²) >= 11 is 0. The van der Waals surface area contributed by atoms with Gasteiger partial charge in [-0.15, -0.1) is 0 Å². The fourth-order valence-corrected chi connectivity index (χ4v) is 1.97.